The third-order valence-electron chi connectivity index (χ3n) is 3.46. The van der Waals surface area contributed by atoms with E-state index in [9.17, 15) is 4.55 Å². The van der Waals surface area contributed by atoms with Gasteiger partial charge in [0.25, 0.3) is 0 Å². The first-order chi connectivity index (χ1) is 10.6. The van der Waals surface area contributed by atoms with Gasteiger partial charge in [-0.15, -0.1) is 12.8 Å². The first-order valence-electron chi connectivity index (χ1n) is 7.01. The minimum absolute atomic E-state index is 0.513. The predicted octanol–water partition coefficient (Wildman–Crippen LogP) is 4.10. The summed E-state index contributed by atoms with van der Waals surface area (Å²) in [4.78, 5) is 0. The van der Waals surface area contributed by atoms with Crippen molar-refractivity contribution in [3.05, 3.63) is 70.8 Å². The maximum absolute atomic E-state index is 13.0. The monoisotopic (exact) mass is 306 g/mol. The van der Waals surface area contributed by atoms with Crippen LogP contribution in [0.15, 0.2) is 48.5 Å². The van der Waals surface area contributed by atoms with Crippen molar-refractivity contribution in [3.8, 4) is 24.7 Å². The molecule has 0 spiro atoms. The Bertz CT molecular complexity index is 672. The Balaban J connectivity index is 2.36. The van der Waals surface area contributed by atoms with Gasteiger partial charge in [0.05, 0.1) is 0 Å². The highest BCUT2D eigenvalue weighted by atomic mass is 32.2. The summed E-state index contributed by atoms with van der Waals surface area (Å²) < 4.78 is 13.0. The lowest BCUT2D eigenvalue weighted by atomic mass is 10.1. The van der Waals surface area contributed by atoms with E-state index in [-0.39, 0.29) is 0 Å². The van der Waals surface area contributed by atoms with Crippen LogP contribution in [-0.4, -0.2) is 4.55 Å². The molecule has 0 aromatic heterocycles. The van der Waals surface area contributed by atoms with Crippen LogP contribution in [0.1, 0.15) is 32.8 Å². The van der Waals surface area contributed by atoms with Gasteiger partial charge in [0.1, 0.15) is 0 Å². The molecule has 2 aromatic carbocycles. The SMILES string of the molecule is C#CC(c1cccc(C)c1)[S+]([O-])C(C#C)c1cccc(C)c1. The zero-order valence-corrected chi connectivity index (χ0v) is 13.6. The Morgan fingerprint density at radius 3 is 1.59 bits per heavy atom. The third-order valence-corrected chi connectivity index (χ3v) is 5.20. The Kier molecular flexibility index (Phi) is 5.34. The fourth-order valence-electron chi connectivity index (χ4n) is 2.40. The third kappa shape index (κ3) is 3.55. The Labute approximate surface area is 136 Å². The first kappa shape index (κ1) is 16.2. The van der Waals surface area contributed by atoms with E-state index >= 15 is 0 Å². The molecule has 1 nitrogen and oxygen atoms in total. The number of rotatable bonds is 4. The molecule has 2 unspecified atom stereocenters. The molecule has 110 valence electrons. The van der Waals surface area contributed by atoms with Crippen LogP contribution < -0.4 is 0 Å². The van der Waals surface area contributed by atoms with Crippen molar-refractivity contribution in [2.75, 3.05) is 0 Å². The predicted molar refractivity (Wildman–Crippen MR) is 93.6 cm³/mol. The maximum atomic E-state index is 13.0. The van der Waals surface area contributed by atoms with E-state index < -0.39 is 21.7 Å². The number of hydrogen-bond acceptors (Lipinski definition) is 1. The molecule has 0 aliphatic heterocycles. The van der Waals surface area contributed by atoms with Crippen LogP contribution >= 0.6 is 0 Å². The molecule has 2 atom stereocenters. The second-order valence-corrected chi connectivity index (χ2v) is 6.85. The number of aryl methyl sites for hydroxylation is 2. The quantitative estimate of drug-likeness (QED) is 0.616. The molecule has 2 rings (SSSR count). The fraction of sp³-hybridized carbons (Fsp3) is 0.200. The van der Waals surface area contributed by atoms with Gasteiger partial charge in [-0.3, -0.25) is 0 Å². The van der Waals surface area contributed by atoms with Gasteiger partial charge in [0.15, 0.2) is 0 Å². The Morgan fingerprint density at radius 1 is 0.864 bits per heavy atom. The molecule has 0 aliphatic rings. The molecule has 0 fully saturated rings. The normalized spacial score (nSPS) is 14.4. The molecule has 0 radical (unpaired) electrons. The molecule has 0 saturated heterocycles. The highest BCUT2D eigenvalue weighted by molar-refractivity contribution is 7.92. The van der Waals surface area contributed by atoms with Crippen molar-refractivity contribution >= 4 is 11.2 Å². The average molecular weight is 306 g/mol. The van der Waals surface area contributed by atoms with Crippen LogP contribution in [0.4, 0.5) is 0 Å². The molecular weight excluding hydrogens is 288 g/mol. The fourth-order valence-corrected chi connectivity index (χ4v) is 3.77. The van der Waals surface area contributed by atoms with Crippen molar-refractivity contribution in [3.63, 3.8) is 0 Å². The molecule has 2 heteroatoms. The van der Waals surface area contributed by atoms with E-state index in [0.29, 0.717) is 0 Å². The second kappa shape index (κ2) is 7.23. The van der Waals surface area contributed by atoms with Crippen molar-refractivity contribution in [2.24, 2.45) is 0 Å². The minimum atomic E-state index is -1.39. The smallest absolute Gasteiger partial charge is 0.201 e. The van der Waals surface area contributed by atoms with Gasteiger partial charge in [-0.25, -0.2) is 0 Å². The van der Waals surface area contributed by atoms with Crippen molar-refractivity contribution in [1.82, 2.24) is 0 Å². The van der Waals surface area contributed by atoms with Gasteiger partial charge in [-0.05, 0) is 36.9 Å². The molecule has 0 bridgehead atoms. The van der Waals surface area contributed by atoms with Crippen molar-refractivity contribution < 1.29 is 4.55 Å². The summed E-state index contributed by atoms with van der Waals surface area (Å²) >= 11 is -1.39. The van der Waals surface area contributed by atoms with Gasteiger partial charge < -0.3 is 4.55 Å². The van der Waals surface area contributed by atoms with Crippen LogP contribution in [-0.2, 0) is 11.2 Å². The van der Waals surface area contributed by atoms with E-state index in [1.807, 2.05) is 62.4 Å². The lowest BCUT2D eigenvalue weighted by molar-refractivity contribution is 0.585. The Morgan fingerprint density at radius 2 is 1.27 bits per heavy atom. The minimum Gasteiger partial charge on any atom is -0.614 e. The molecule has 2 aromatic rings. The zero-order chi connectivity index (χ0) is 16.1. The van der Waals surface area contributed by atoms with Crippen LogP contribution in [0.5, 0.6) is 0 Å². The molecule has 0 aliphatic carbocycles. The van der Waals surface area contributed by atoms with Crippen LogP contribution in [0, 0.1) is 38.5 Å². The van der Waals surface area contributed by atoms with Gasteiger partial charge in [0.2, 0.25) is 10.5 Å². The number of hydrogen-bond donors (Lipinski definition) is 0. The van der Waals surface area contributed by atoms with E-state index in [1.54, 1.807) is 0 Å². The molecule has 0 saturated carbocycles. The average Bonchev–Trinajstić information content (AvgIpc) is 2.49. The van der Waals surface area contributed by atoms with Crippen molar-refractivity contribution in [2.45, 2.75) is 24.3 Å². The molecule has 0 amide bonds. The first-order valence-corrected chi connectivity index (χ1v) is 8.29. The molecule has 0 heterocycles. The summed E-state index contributed by atoms with van der Waals surface area (Å²) in [5.41, 5.74) is 3.91. The van der Waals surface area contributed by atoms with E-state index in [1.165, 1.54) is 0 Å². The zero-order valence-electron chi connectivity index (χ0n) is 12.7. The highest BCUT2D eigenvalue weighted by Crippen LogP contribution is 2.34. The van der Waals surface area contributed by atoms with Gasteiger partial charge >= 0.3 is 0 Å². The van der Waals surface area contributed by atoms with Gasteiger partial charge in [-0.1, -0.05) is 59.7 Å². The summed E-state index contributed by atoms with van der Waals surface area (Å²) in [7, 11) is 0. The van der Waals surface area contributed by atoms with E-state index in [0.717, 1.165) is 22.3 Å². The van der Waals surface area contributed by atoms with Crippen LogP contribution in [0.3, 0.4) is 0 Å². The molecule has 0 N–H and O–H groups in total. The summed E-state index contributed by atoms with van der Waals surface area (Å²) in [6, 6.07) is 15.5. The molecule has 22 heavy (non-hydrogen) atoms. The summed E-state index contributed by atoms with van der Waals surface area (Å²) in [6.07, 6.45) is 11.3. The second-order valence-electron chi connectivity index (χ2n) is 5.25. The van der Waals surface area contributed by atoms with Gasteiger partial charge in [-0.2, -0.15) is 0 Å². The maximum Gasteiger partial charge on any atom is 0.201 e. The standard InChI is InChI=1S/C20H18OS/c1-5-19(17-11-7-9-15(3)13-17)22(21)20(6-2)18-12-8-10-16(4)14-18/h1-2,7-14,19-20H,3-4H3. The molecular formula is C20H18OS. The number of terminal acetylenes is 2. The highest BCUT2D eigenvalue weighted by Gasteiger charge is 2.31. The van der Waals surface area contributed by atoms with E-state index in [4.69, 9.17) is 12.8 Å². The summed E-state index contributed by atoms with van der Waals surface area (Å²) in [5, 5.41) is -1.03. The topological polar surface area (TPSA) is 23.1 Å². The number of benzene rings is 2. The van der Waals surface area contributed by atoms with Crippen molar-refractivity contribution in [1.29, 1.82) is 0 Å². The lowest BCUT2D eigenvalue weighted by Gasteiger charge is -2.23. The largest absolute Gasteiger partial charge is 0.614 e. The van der Waals surface area contributed by atoms with Crippen LogP contribution in [0.25, 0.3) is 0 Å². The Hall–Kier alpha value is -2.13. The van der Waals surface area contributed by atoms with Crippen LogP contribution in [0.2, 0.25) is 0 Å². The lowest BCUT2D eigenvalue weighted by Crippen LogP contribution is -2.19. The summed E-state index contributed by atoms with van der Waals surface area (Å²) in [5.74, 6) is 5.30. The summed E-state index contributed by atoms with van der Waals surface area (Å²) in [6.45, 7) is 3.97. The van der Waals surface area contributed by atoms with E-state index in [2.05, 4.69) is 11.8 Å². The van der Waals surface area contributed by atoms with Gasteiger partial charge in [0, 0.05) is 11.1 Å².